The predicted molar refractivity (Wildman–Crippen MR) is 48.4 cm³/mol. The molecule has 1 heterocycles. The van der Waals surface area contributed by atoms with E-state index in [1.54, 1.807) is 12.3 Å². The second kappa shape index (κ2) is 3.01. The van der Waals surface area contributed by atoms with E-state index < -0.39 is 7.26 Å². The second-order valence-corrected chi connectivity index (χ2v) is 9.41. The fourth-order valence-corrected chi connectivity index (χ4v) is 4.35. The van der Waals surface area contributed by atoms with Gasteiger partial charge in [0.25, 0.3) is 0 Å². The average Bonchev–Trinajstić information content (AvgIpc) is 1.92. The van der Waals surface area contributed by atoms with Gasteiger partial charge in [-0.25, -0.2) is 0 Å². The van der Waals surface area contributed by atoms with Crippen molar-refractivity contribution >= 4 is 7.26 Å². The van der Waals surface area contributed by atoms with Crippen molar-refractivity contribution in [3.05, 3.63) is 0 Å². The first kappa shape index (κ1) is 7.54. The van der Waals surface area contributed by atoms with Gasteiger partial charge in [0.15, 0.2) is 0 Å². The van der Waals surface area contributed by atoms with Crippen LogP contribution in [0.2, 0.25) is 0 Å². The number of hydrogen-bond donors (Lipinski definition) is 0. The number of hydrogen-bond acceptors (Lipinski definition) is 0. The van der Waals surface area contributed by atoms with Crippen LogP contribution >= 0.6 is 7.26 Å². The van der Waals surface area contributed by atoms with Crippen molar-refractivity contribution in [2.75, 3.05) is 25.7 Å². The van der Waals surface area contributed by atoms with Crippen LogP contribution in [-0.4, -0.2) is 25.7 Å². The van der Waals surface area contributed by atoms with Crippen molar-refractivity contribution < 1.29 is 0 Å². The van der Waals surface area contributed by atoms with Crippen LogP contribution in [0.5, 0.6) is 0 Å². The topological polar surface area (TPSA) is 0 Å². The Bertz CT molecular complexity index is 76.6. The Balaban J connectivity index is 2.36. The van der Waals surface area contributed by atoms with Gasteiger partial charge in [-0.1, -0.05) is 0 Å². The standard InChI is InChI=1S/C8H19P/c1-9(2)7-5-3-4-6-8-9/h9H,3-8H2,1-2H3. The van der Waals surface area contributed by atoms with Crippen molar-refractivity contribution in [1.82, 2.24) is 0 Å². The van der Waals surface area contributed by atoms with Crippen molar-refractivity contribution in [2.45, 2.75) is 25.7 Å². The molecule has 0 amide bonds. The van der Waals surface area contributed by atoms with Crippen molar-refractivity contribution in [1.29, 1.82) is 0 Å². The Morgan fingerprint density at radius 3 is 1.67 bits per heavy atom. The molecule has 1 aliphatic rings. The molecule has 0 saturated carbocycles. The first-order chi connectivity index (χ1) is 4.21. The van der Waals surface area contributed by atoms with Gasteiger partial charge in [-0.2, -0.15) is 0 Å². The molecule has 1 saturated heterocycles. The fourth-order valence-electron chi connectivity index (χ4n) is 1.69. The van der Waals surface area contributed by atoms with Gasteiger partial charge < -0.3 is 0 Å². The van der Waals surface area contributed by atoms with E-state index >= 15 is 0 Å². The van der Waals surface area contributed by atoms with Crippen LogP contribution in [0.4, 0.5) is 0 Å². The SMILES string of the molecule is C[PH]1(C)CCCCCC1. The van der Waals surface area contributed by atoms with Gasteiger partial charge in [0.2, 0.25) is 0 Å². The fraction of sp³-hybridized carbons (Fsp3) is 1.00. The Morgan fingerprint density at radius 2 is 1.22 bits per heavy atom. The van der Waals surface area contributed by atoms with Crippen LogP contribution in [0, 0.1) is 0 Å². The zero-order valence-electron chi connectivity index (χ0n) is 6.74. The molecular formula is C8H19P. The van der Waals surface area contributed by atoms with Crippen LogP contribution in [-0.2, 0) is 0 Å². The molecule has 0 bridgehead atoms. The molecule has 1 aliphatic heterocycles. The molecule has 0 spiro atoms. The van der Waals surface area contributed by atoms with E-state index in [1.807, 2.05) is 0 Å². The average molecular weight is 146 g/mol. The van der Waals surface area contributed by atoms with E-state index in [9.17, 15) is 0 Å². The van der Waals surface area contributed by atoms with Crippen LogP contribution in [0.1, 0.15) is 25.7 Å². The molecule has 0 nitrogen and oxygen atoms in total. The van der Waals surface area contributed by atoms with Crippen molar-refractivity contribution in [3.8, 4) is 0 Å². The molecule has 0 unspecified atom stereocenters. The Labute approximate surface area is 59.4 Å². The minimum absolute atomic E-state index is 0.641. The molecule has 0 aromatic heterocycles. The van der Waals surface area contributed by atoms with E-state index in [-0.39, 0.29) is 0 Å². The molecule has 56 valence electrons. The Hall–Kier alpha value is 0.430. The van der Waals surface area contributed by atoms with E-state index in [4.69, 9.17) is 0 Å². The van der Waals surface area contributed by atoms with E-state index in [0.717, 1.165) is 0 Å². The maximum absolute atomic E-state index is 2.54. The molecular weight excluding hydrogens is 127 g/mol. The van der Waals surface area contributed by atoms with Gasteiger partial charge in [0, 0.05) is 0 Å². The molecule has 0 radical (unpaired) electrons. The molecule has 1 fully saturated rings. The molecule has 0 N–H and O–H groups in total. The molecule has 0 atom stereocenters. The third-order valence-corrected chi connectivity index (χ3v) is 5.87. The van der Waals surface area contributed by atoms with Crippen molar-refractivity contribution in [3.63, 3.8) is 0 Å². The zero-order valence-corrected chi connectivity index (χ0v) is 7.74. The molecule has 1 rings (SSSR count). The van der Waals surface area contributed by atoms with Gasteiger partial charge in [-0.05, 0) is 0 Å². The van der Waals surface area contributed by atoms with Crippen LogP contribution in [0.25, 0.3) is 0 Å². The first-order valence-electron chi connectivity index (χ1n) is 4.21. The summed E-state index contributed by atoms with van der Waals surface area (Å²) < 4.78 is 0. The predicted octanol–water partition coefficient (Wildman–Crippen LogP) is 2.57. The van der Waals surface area contributed by atoms with E-state index in [2.05, 4.69) is 13.3 Å². The summed E-state index contributed by atoms with van der Waals surface area (Å²) in [7, 11) is -0.641. The molecule has 9 heavy (non-hydrogen) atoms. The summed E-state index contributed by atoms with van der Waals surface area (Å²) in [5.41, 5.74) is 0. The van der Waals surface area contributed by atoms with Gasteiger partial charge in [0.1, 0.15) is 0 Å². The van der Waals surface area contributed by atoms with Gasteiger partial charge in [-0.3, -0.25) is 0 Å². The van der Waals surface area contributed by atoms with Gasteiger partial charge in [-0.15, -0.1) is 0 Å². The summed E-state index contributed by atoms with van der Waals surface area (Å²) in [6, 6.07) is 0. The van der Waals surface area contributed by atoms with Crippen LogP contribution < -0.4 is 0 Å². The Morgan fingerprint density at radius 1 is 0.778 bits per heavy atom. The molecule has 0 aromatic carbocycles. The summed E-state index contributed by atoms with van der Waals surface area (Å²) in [5.74, 6) is 0. The summed E-state index contributed by atoms with van der Waals surface area (Å²) >= 11 is 0. The van der Waals surface area contributed by atoms with Gasteiger partial charge in [0.05, 0.1) is 0 Å². The maximum atomic E-state index is 2.54. The molecule has 0 aliphatic carbocycles. The Kier molecular flexibility index (Phi) is 2.52. The van der Waals surface area contributed by atoms with E-state index in [1.165, 1.54) is 25.7 Å². The van der Waals surface area contributed by atoms with Crippen LogP contribution in [0.3, 0.4) is 0 Å². The normalized spacial score (nSPS) is 30.9. The zero-order chi connectivity index (χ0) is 6.74. The molecule has 0 aromatic rings. The monoisotopic (exact) mass is 146 g/mol. The number of rotatable bonds is 0. The summed E-state index contributed by atoms with van der Waals surface area (Å²) in [6.07, 6.45) is 9.26. The van der Waals surface area contributed by atoms with Crippen LogP contribution in [0.15, 0.2) is 0 Å². The molecule has 1 heteroatoms. The second-order valence-electron chi connectivity index (χ2n) is 4.08. The summed E-state index contributed by atoms with van der Waals surface area (Å²) in [6.45, 7) is 5.08. The van der Waals surface area contributed by atoms with Crippen molar-refractivity contribution in [2.24, 2.45) is 0 Å². The van der Waals surface area contributed by atoms with E-state index in [0.29, 0.717) is 0 Å². The summed E-state index contributed by atoms with van der Waals surface area (Å²) in [4.78, 5) is 0. The van der Waals surface area contributed by atoms with Gasteiger partial charge >= 0.3 is 58.6 Å². The third kappa shape index (κ3) is 2.67. The first-order valence-corrected chi connectivity index (χ1v) is 7.62. The summed E-state index contributed by atoms with van der Waals surface area (Å²) in [5, 5.41) is 0. The third-order valence-electron chi connectivity index (χ3n) is 2.46. The quantitative estimate of drug-likeness (QED) is 0.461. The minimum atomic E-state index is -0.641.